The molecule has 1 heterocycles. The monoisotopic (exact) mass is 379 g/mol. The van der Waals surface area contributed by atoms with Crippen LogP contribution in [-0.4, -0.2) is 28.7 Å². The second kappa shape index (κ2) is 8.60. The number of carbonyl (C=O) groups is 2. The van der Waals surface area contributed by atoms with Crippen molar-refractivity contribution in [1.29, 1.82) is 0 Å². The molecule has 0 aliphatic carbocycles. The molecular formula is C21H21N3O2S. The minimum Gasteiger partial charge on any atom is -0.341 e. The number of thiazole rings is 1. The van der Waals surface area contributed by atoms with E-state index in [1.54, 1.807) is 29.5 Å². The number of aromatic nitrogens is 1. The van der Waals surface area contributed by atoms with E-state index >= 15 is 0 Å². The first-order valence-electron chi connectivity index (χ1n) is 8.62. The zero-order valence-electron chi connectivity index (χ0n) is 15.3. The molecule has 0 unspecified atom stereocenters. The van der Waals surface area contributed by atoms with Gasteiger partial charge in [0.2, 0.25) is 5.91 Å². The number of amides is 2. The minimum absolute atomic E-state index is 0.00973. The molecule has 3 rings (SSSR count). The highest BCUT2D eigenvalue weighted by Crippen LogP contribution is 2.18. The van der Waals surface area contributed by atoms with Gasteiger partial charge in [0, 0.05) is 24.5 Å². The molecule has 5 nitrogen and oxygen atoms in total. The number of carbonyl (C=O) groups excluding carboxylic acids is 2. The summed E-state index contributed by atoms with van der Waals surface area (Å²) >= 11 is 1.32. The maximum Gasteiger partial charge on any atom is 0.257 e. The summed E-state index contributed by atoms with van der Waals surface area (Å²) in [7, 11) is 1.79. The molecule has 1 aromatic heterocycles. The van der Waals surface area contributed by atoms with Crippen molar-refractivity contribution in [3.63, 3.8) is 0 Å². The molecule has 2 aromatic carbocycles. The van der Waals surface area contributed by atoms with Gasteiger partial charge in [0.1, 0.15) is 0 Å². The van der Waals surface area contributed by atoms with Gasteiger partial charge in [-0.05, 0) is 30.2 Å². The topological polar surface area (TPSA) is 62.3 Å². The second-order valence-corrected chi connectivity index (χ2v) is 7.18. The zero-order valence-corrected chi connectivity index (χ0v) is 16.1. The van der Waals surface area contributed by atoms with Crippen LogP contribution < -0.4 is 5.32 Å². The molecule has 27 heavy (non-hydrogen) atoms. The standard InChI is InChI=1S/C21H21N3O2S/c1-15-8-6-7-11-17(15)13-24(2)19(25)12-18-14-27-21(22-18)23-20(26)16-9-4-3-5-10-16/h3-11,14H,12-13H2,1-2H3,(H,22,23,26). The number of nitrogens with one attached hydrogen (secondary N) is 1. The number of hydrogen-bond acceptors (Lipinski definition) is 4. The van der Waals surface area contributed by atoms with Crippen LogP contribution in [0.1, 0.15) is 27.2 Å². The summed E-state index contributed by atoms with van der Waals surface area (Å²) in [5.41, 5.74) is 3.52. The van der Waals surface area contributed by atoms with Crippen LogP contribution in [0.2, 0.25) is 0 Å². The largest absolute Gasteiger partial charge is 0.341 e. The Morgan fingerprint density at radius 3 is 2.52 bits per heavy atom. The molecule has 138 valence electrons. The van der Waals surface area contributed by atoms with E-state index in [4.69, 9.17) is 0 Å². The van der Waals surface area contributed by atoms with Gasteiger partial charge in [-0.25, -0.2) is 4.98 Å². The summed E-state index contributed by atoms with van der Waals surface area (Å²) in [6.45, 7) is 2.60. The van der Waals surface area contributed by atoms with Crippen molar-refractivity contribution < 1.29 is 9.59 Å². The average molecular weight is 379 g/mol. The van der Waals surface area contributed by atoms with E-state index in [-0.39, 0.29) is 18.2 Å². The third kappa shape index (κ3) is 5.01. The number of hydrogen-bond donors (Lipinski definition) is 1. The van der Waals surface area contributed by atoms with Crippen molar-refractivity contribution in [1.82, 2.24) is 9.88 Å². The third-order valence-electron chi connectivity index (χ3n) is 4.24. The maximum atomic E-state index is 12.5. The first-order valence-corrected chi connectivity index (χ1v) is 9.50. The lowest BCUT2D eigenvalue weighted by Crippen LogP contribution is -2.28. The molecule has 0 spiro atoms. The van der Waals surface area contributed by atoms with Gasteiger partial charge in [0.15, 0.2) is 5.13 Å². The van der Waals surface area contributed by atoms with E-state index in [2.05, 4.69) is 10.3 Å². The first kappa shape index (κ1) is 18.8. The number of nitrogens with zero attached hydrogens (tertiary/aromatic N) is 2. The lowest BCUT2D eigenvalue weighted by atomic mass is 10.1. The van der Waals surface area contributed by atoms with E-state index in [1.807, 2.05) is 49.4 Å². The Morgan fingerprint density at radius 1 is 1.07 bits per heavy atom. The van der Waals surface area contributed by atoms with E-state index in [0.29, 0.717) is 22.9 Å². The number of likely N-dealkylation sites (N-methyl/N-ethyl adjacent to an activating group) is 1. The highest BCUT2D eigenvalue weighted by atomic mass is 32.1. The van der Waals surface area contributed by atoms with Crippen molar-refractivity contribution in [2.45, 2.75) is 19.9 Å². The highest BCUT2D eigenvalue weighted by Gasteiger charge is 2.14. The SMILES string of the molecule is Cc1ccccc1CN(C)C(=O)Cc1csc(NC(=O)c2ccccc2)n1. The fourth-order valence-corrected chi connectivity index (χ4v) is 3.33. The first-order chi connectivity index (χ1) is 13.0. The van der Waals surface area contributed by atoms with Crippen molar-refractivity contribution in [2.24, 2.45) is 0 Å². The van der Waals surface area contributed by atoms with Crippen molar-refractivity contribution in [3.05, 3.63) is 82.4 Å². The summed E-state index contributed by atoms with van der Waals surface area (Å²) in [5.74, 6) is -0.219. The quantitative estimate of drug-likeness (QED) is 0.706. The Bertz CT molecular complexity index is 937. The number of aryl methyl sites for hydroxylation is 1. The number of benzene rings is 2. The van der Waals surface area contributed by atoms with Gasteiger partial charge in [-0.3, -0.25) is 14.9 Å². The maximum absolute atomic E-state index is 12.5. The molecule has 0 saturated carbocycles. The molecule has 0 radical (unpaired) electrons. The molecule has 1 N–H and O–H groups in total. The molecule has 0 atom stereocenters. The van der Waals surface area contributed by atoms with Crippen molar-refractivity contribution >= 4 is 28.3 Å². The van der Waals surface area contributed by atoms with E-state index < -0.39 is 0 Å². The normalized spacial score (nSPS) is 10.4. The molecule has 0 aliphatic rings. The molecule has 0 aliphatic heterocycles. The van der Waals surface area contributed by atoms with Crippen molar-refractivity contribution in [2.75, 3.05) is 12.4 Å². The molecule has 0 saturated heterocycles. The third-order valence-corrected chi connectivity index (χ3v) is 5.04. The smallest absolute Gasteiger partial charge is 0.257 e. The fourth-order valence-electron chi connectivity index (χ4n) is 2.63. The van der Waals surface area contributed by atoms with Crippen LogP contribution in [0.25, 0.3) is 0 Å². The molecule has 0 bridgehead atoms. The lowest BCUT2D eigenvalue weighted by molar-refractivity contribution is -0.129. The van der Waals surface area contributed by atoms with E-state index in [9.17, 15) is 9.59 Å². The van der Waals surface area contributed by atoms with E-state index in [1.165, 1.54) is 11.3 Å². The second-order valence-electron chi connectivity index (χ2n) is 6.32. The van der Waals surface area contributed by atoms with Gasteiger partial charge in [0.25, 0.3) is 5.91 Å². The van der Waals surface area contributed by atoms with Crippen LogP contribution in [0.3, 0.4) is 0 Å². The van der Waals surface area contributed by atoms with Gasteiger partial charge >= 0.3 is 0 Å². The van der Waals surface area contributed by atoms with Gasteiger partial charge < -0.3 is 4.90 Å². The van der Waals surface area contributed by atoms with Gasteiger partial charge in [-0.15, -0.1) is 11.3 Å². The van der Waals surface area contributed by atoms with Crippen molar-refractivity contribution in [3.8, 4) is 0 Å². The Morgan fingerprint density at radius 2 is 1.78 bits per heavy atom. The van der Waals surface area contributed by atoms with Gasteiger partial charge in [-0.1, -0.05) is 42.5 Å². The number of rotatable bonds is 6. The Balaban J connectivity index is 1.57. The van der Waals surface area contributed by atoms with Crippen LogP contribution in [0.15, 0.2) is 60.0 Å². The zero-order chi connectivity index (χ0) is 19.2. The minimum atomic E-state index is -0.209. The fraction of sp³-hybridized carbons (Fsp3) is 0.190. The number of anilines is 1. The van der Waals surface area contributed by atoms with E-state index in [0.717, 1.165) is 11.1 Å². The summed E-state index contributed by atoms with van der Waals surface area (Å²) in [5, 5.41) is 5.07. The molecule has 0 fully saturated rings. The molecule has 3 aromatic rings. The summed E-state index contributed by atoms with van der Waals surface area (Å²) in [4.78, 5) is 30.7. The summed E-state index contributed by atoms with van der Waals surface area (Å²) in [6.07, 6.45) is 0.208. The highest BCUT2D eigenvalue weighted by molar-refractivity contribution is 7.14. The summed E-state index contributed by atoms with van der Waals surface area (Å²) < 4.78 is 0. The average Bonchev–Trinajstić information content (AvgIpc) is 3.11. The lowest BCUT2D eigenvalue weighted by Gasteiger charge is -2.18. The van der Waals surface area contributed by atoms with Crippen LogP contribution in [0.4, 0.5) is 5.13 Å². The van der Waals surface area contributed by atoms with Crippen LogP contribution >= 0.6 is 11.3 Å². The van der Waals surface area contributed by atoms with Crippen LogP contribution in [0.5, 0.6) is 0 Å². The van der Waals surface area contributed by atoms with Gasteiger partial charge in [-0.2, -0.15) is 0 Å². The Hall–Kier alpha value is -2.99. The molecule has 6 heteroatoms. The summed E-state index contributed by atoms with van der Waals surface area (Å²) in [6, 6.07) is 17.0. The Labute approximate surface area is 162 Å². The van der Waals surface area contributed by atoms with Crippen LogP contribution in [0, 0.1) is 6.92 Å². The Kier molecular flexibility index (Phi) is 5.98. The molecular weight excluding hydrogens is 358 g/mol. The predicted octanol–water partition coefficient (Wildman–Crippen LogP) is 3.90. The van der Waals surface area contributed by atoms with Crippen LogP contribution in [-0.2, 0) is 17.8 Å². The van der Waals surface area contributed by atoms with Gasteiger partial charge in [0.05, 0.1) is 12.1 Å². The molecule has 2 amide bonds. The predicted molar refractivity (Wildman–Crippen MR) is 108 cm³/mol.